The van der Waals surface area contributed by atoms with Crippen LogP contribution in [0.5, 0.6) is 0 Å². The van der Waals surface area contributed by atoms with Crippen LogP contribution in [0.2, 0.25) is 0 Å². The van der Waals surface area contributed by atoms with Crippen LogP contribution in [0.25, 0.3) is 22.0 Å². The van der Waals surface area contributed by atoms with Gasteiger partial charge in [-0.3, -0.25) is 9.59 Å². The van der Waals surface area contributed by atoms with E-state index in [1.165, 1.54) is 12.1 Å². The number of carbonyl (C=O) groups excluding carboxylic acids is 1. The first-order valence-corrected chi connectivity index (χ1v) is 9.03. The highest BCUT2D eigenvalue weighted by Crippen LogP contribution is 2.21. The zero-order chi connectivity index (χ0) is 20.5. The number of halogens is 1. The number of rotatable bonds is 4. The predicted octanol–water partition coefficient (Wildman–Crippen LogP) is 4.05. The molecule has 0 radical (unpaired) electrons. The summed E-state index contributed by atoms with van der Waals surface area (Å²) in [4.78, 5) is 25.6. The zero-order valence-electron chi connectivity index (χ0n) is 15.9. The van der Waals surface area contributed by atoms with Crippen LogP contribution in [0.3, 0.4) is 0 Å². The van der Waals surface area contributed by atoms with Crippen molar-refractivity contribution in [2.45, 2.75) is 20.4 Å². The van der Waals surface area contributed by atoms with Gasteiger partial charge in [-0.25, -0.2) is 4.39 Å². The standard InChI is InChI=1S/C22H18FN3O3/c1-13-3-8-17-19(9-13)26(12-21(27)24-20-10-14(2)29-25-20)11-18(22(17)28)15-4-6-16(23)7-5-15/h3-11H,12H2,1-2H3,(H,24,25,27). The summed E-state index contributed by atoms with van der Waals surface area (Å²) < 4.78 is 20.0. The number of aromatic nitrogens is 2. The number of pyridine rings is 1. The molecule has 0 unspecified atom stereocenters. The molecule has 0 aliphatic rings. The molecule has 0 aliphatic heterocycles. The van der Waals surface area contributed by atoms with Gasteiger partial charge in [0.05, 0.1) is 5.52 Å². The van der Waals surface area contributed by atoms with Gasteiger partial charge in [-0.05, 0) is 49.2 Å². The minimum atomic E-state index is -0.382. The fraction of sp³-hybridized carbons (Fsp3) is 0.136. The fourth-order valence-electron chi connectivity index (χ4n) is 3.23. The molecule has 0 atom stereocenters. The van der Waals surface area contributed by atoms with Crippen LogP contribution in [0.4, 0.5) is 10.2 Å². The van der Waals surface area contributed by atoms with E-state index in [0.29, 0.717) is 33.6 Å². The SMILES string of the molecule is Cc1ccc2c(=O)c(-c3ccc(F)cc3)cn(CC(=O)Nc3cc(C)on3)c2c1. The molecule has 7 heteroatoms. The predicted molar refractivity (Wildman–Crippen MR) is 108 cm³/mol. The lowest BCUT2D eigenvalue weighted by Gasteiger charge is -2.14. The van der Waals surface area contributed by atoms with E-state index in [4.69, 9.17) is 4.52 Å². The van der Waals surface area contributed by atoms with Gasteiger partial charge in [0, 0.05) is 23.2 Å². The molecule has 4 aromatic rings. The molecule has 2 heterocycles. The summed E-state index contributed by atoms with van der Waals surface area (Å²) in [5.41, 5.74) is 2.42. The van der Waals surface area contributed by atoms with E-state index in [1.807, 2.05) is 19.1 Å². The Kier molecular flexibility index (Phi) is 4.72. The van der Waals surface area contributed by atoms with Crippen LogP contribution in [0.1, 0.15) is 11.3 Å². The van der Waals surface area contributed by atoms with Crippen molar-refractivity contribution in [1.29, 1.82) is 0 Å². The van der Waals surface area contributed by atoms with Gasteiger partial charge in [0.25, 0.3) is 0 Å². The number of anilines is 1. The van der Waals surface area contributed by atoms with Crippen molar-refractivity contribution in [3.05, 3.63) is 82.1 Å². The van der Waals surface area contributed by atoms with Crippen molar-refractivity contribution in [3.63, 3.8) is 0 Å². The molecule has 0 aliphatic carbocycles. The summed E-state index contributed by atoms with van der Waals surface area (Å²) in [5.74, 6) is 0.221. The van der Waals surface area contributed by atoms with Crippen molar-refractivity contribution < 1.29 is 13.7 Å². The number of aryl methyl sites for hydroxylation is 2. The Labute approximate surface area is 165 Å². The first kappa shape index (κ1) is 18.6. The van der Waals surface area contributed by atoms with Gasteiger partial charge in [0.1, 0.15) is 18.1 Å². The molecule has 2 aromatic heterocycles. The van der Waals surface area contributed by atoms with Gasteiger partial charge in [0.2, 0.25) is 5.91 Å². The van der Waals surface area contributed by atoms with Gasteiger partial charge in [0.15, 0.2) is 11.2 Å². The molecule has 0 saturated heterocycles. The summed E-state index contributed by atoms with van der Waals surface area (Å²) in [6.07, 6.45) is 1.63. The lowest BCUT2D eigenvalue weighted by molar-refractivity contribution is -0.116. The van der Waals surface area contributed by atoms with Crippen LogP contribution in [-0.2, 0) is 11.3 Å². The summed E-state index contributed by atoms with van der Waals surface area (Å²) >= 11 is 0. The van der Waals surface area contributed by atoms with Crippen molar-refractivity contribution >= 4 is 22.6 Å². The van der Waals surface area contributed by atoms with Gasteiger partial charge < -0.3 is 14.4 Å². The highest BCUT2D eigenvalue weighted by molar-refractivity contribution is 5.92. The van der Waals surface area contributed by atoms with Crippen molar-refractivity contribution in [2.24, 2.45) is 0 Å². The number of hydrogen-bond donors (Lipinski definition) is 1. The molecule has 0 bridgehead atoms. The summed E-state index contributed by atoms with van der Waals surface area (Å²) in [7, 11) is 0. The Hall–Kier alpha value is -3.74. The molecular formula is C22H18FN3O3. The highest BCUT2D eigenvalue weighted by Gasteiger charge is 2.14. The minimum absolute atomic E-state index is 0.0274. The highest BCUT2D eigenvalue weighted by atomic mass is 19.1. The average molecular weight is 391 g/mol. The van der Waals surface area contributed by atoms with Crippen molar-refractivity contribution in [2.75, 3.05) is 5.32 Å². The van der Waals surface area contributed by atoms with E-state index in [-0.39, 0.29) is 23.7 Å². The molecule has 6 nitrogen and oxygen atoms in total. The number of fused-ring (bicyclic) bond motifs is 1. The Bertz CT molecular complexity index is 1270. The van der Waals surface area contributed by atoms with Gasteiger partial charge >= 0.3 is 0 Å². The largest absolute Gasteiger partial charge is 0.360 e. The van der Waals surface area contributed by atoms with Crippen LogP contribution in [0, 0.1) is 19.7 Å². The smallest absolute Gasteiger partial charge is 0.245 e. The second kappa shape index (κ2) is 7.35. The Balaban J connectivity index is 1.79. The summed E-state index contributed by atoms with van der Waals surface area (Å²) in [5, 5.41) is 6.93. The van der Waals surface area contributed by atoms with Crippen molar-refractivity contribution in [3.8, 4) is 11.1 Å². The normalized spacial score (nSPS) is 11.0. The summed E-state index contributed by atoms with van der Waals surface area (Å²) in [6.45, 7) is 3.62. The lowest BCUT2D eigenvalue weighted by Crippen LogP contribution is -2.21. The molecule has 4 rings (SSSR count). The van der Waals surface area contributed by atoms with E-state index in [9.17, 15) is 14.0 Å². The van der Waals surface area contributed by atoms with Crippen LogP contribution in [0.15, 0.2) is 64.0 Å². The Morgan fingerprint density at radius 3 is 2.59 bits per heavy atom. The van der Waals surface area contributed by atoms with E-state index in [0.717, 1.165) is 5.56 Å². The summed E-state index contributed by atoms with van der Waals surface area (Å²) in [6, 6.07) is 12.8. The molecule has 1 amide bonds. The number of carbonyl (C=O) groups is 1. The van der Waals surface area contributed by atoms with Crippen LogP contribution >= 0.6 is 0 Å². The Morgan fingerprint density at radius 2 is 1.90 bits per heavy atom. The third-order valence-corrected chi connectivity index (χ3v) is 4.60. The second-order valence-corrected chi connectivity index (χ2v) is 6.90. The van der Waals surface area contributed by atoms with E-state index in [2.05, 4.69) is 10.5 Å². The second-order valence-electron chi connectivity index (χ2n) is 6.90. The average Bonchev–Trinajstić information content (AvgIpc) is 3.09. The molecule has 2 aromatic carbocycles. The van der Waals surface area contributed by atoms with Gasteiger partial charge in [-0.15, -0.1) is 0 Å². The lowest BCUT2D eigenvalue weighted by atomic mass is 10.0. The maximum absolute atomic E-state index is 13.3. The topological polar surface area (TPSA) is 77.1 Å². The minimum Gasteiger partial charge on any atom is -0.360 e. The number of benzene rings is 2. The maximum Gasteiger partial charge on any atom is 0.245 e. The third kappa shape index (κ3) is 3.80. The Morgan fingerprint density at radius 1 is 1.14 bits per heavy atom. The number of nitrogens with zero attached hydrogens (tertiary/aromatic N) is 2. The number of amides is 1. The van der Waals surface area contributed by atoms with Gasteiger partial charge in [-0.1, -0.05) is 23.4 Å². The molecular weight excluding hydrogens is 373 g/mol. The van der Waals surface area contributed by atoms with Crippen LogP contribution < -0.4 is 10.7 Å². The van der Waals surface area contributed by atoms with E-state index < -0.39 is 0 Å². The quantitative estimate of drug-likeness (QED) is 0.569. The molecule has 0 fully saturated rings. The van der Waals surface area contributed by atoms with Crippen molar-refractivity contribution in [1.82, 2.24) is 9.72 Å². The first-order valence-electron chi connectivity index (χ1n) is 9.03. The van der Waals surface area contributed by atoms with E-state index in [1.54, 1.807) is 42.0 Å². The first-order chi connectivity index (χ1) is 13.9. The molecule has 29 heavy (non-hydrogen) atoms. The fourth-order valence-corrected chi connectivity index (χ4v) is 3.23. The molecule has 146 valence electrons. The maximum atomic E-state index is 13.3. The third-order valence-electron chi connectivity index (χ3n) is 4.60. The van der Waals surface area contributed by atoms with Crippen LogP contribution in [-0.4, -0.2) is 15.6 Å². The monoisotopic (exact) mass is 391 g/mol. The number of nitrogens with one attached hydrogen (secondary N) is 1. The molecule has 1 N–H and O–H groups in total. The zero-order valence-corrected chi connectivity index (χ0v) is 15.9. The molecule has 0 saturated carbocycles. The molecule has 0 spiro atoms. The van der Waals surface area contributed by atoms with Gasteiger partial charge in [-0.2, -0.15) is 0 Å². The number of hydrogen-bond acceptors (Lipinski definition) is 4. The van der Waals surface area contributed by atoms with E-state index >= 15 is 0 Å².